The molecule has 1 aromatic rings. The van der Waals surface area contributed by atoms with Crippen LogP contribution in [0, 0.1) is 0 Å². The minimum absolute atomic E-state index is 0.110. The van der Waals surface area contributed by atoms with Crippen LogP contribution in [-0.2, 0) is 18.5 Å². The summed E-state index contributed by atoms with van der Waals surface area (Å²) >= 11 is 0. The van der Waals surface area contributed by atoms with E-state index in [1.165, 1.54) is 0 Å². The van der Waals surface area contributed by atoms with Gasteiger partial charge < -0.3 is 23.3 Å². The maximum absolute atomic E-state index is 6.06. The van der Waals surface area contributed by atoms with E-state index in [2.05, 4.69) is 32.4 Å². The van der Waals surface area contributed by atoms with E-state index < -0.39 is 8.53 Å². The van der Waals surface area contributed by atoms with Gasteiger partial charge in [-0.3, -0.25) is 0 Å². The van der Waals surface area contributed by atoms with E-state index in [9.17, 15) is 0 Å². The van der Waals surface area contributed by atoms with Gasteiger partial charge in [0.1, 0.15) is 12.4 Å². The largest absolute Gasteiger partial charge is 0.491 e. The summed E-state index contributed by atoms with van der Waals surface area (Å²) in [6.07, 6.45) is -0.253. The lowest BCUT2D eigenvalue weighted by atomic mass is 10.2. The van der Waals surface area contributed by atoms with Gasteiger partial charge in [-0.1, -0.05) is 12.1 Å². The third-order valence-corrected chi connectivity index (χ3v) is 5.99. The maximum atomic E-state index is 6.06. The van der Waals surface area contributed by atoms with Gasteiger partial charge in [-0.2, -0.15) is 0 Å². The first-order chi connectivity index (χ1) is 12.8. The first kappa shape index (κ1) is 24.3. The highest BCUT2D eigenvalue weighted by atomic mass is 31.2. The minimum atomic E-state index is -1.12. The van der Waals surface area contributed by atoms with Crippen molar-refractivity contribution in [1.82, 2.24) is 4.67 Å². The van der Waals surface area contributed by atoms with Crippen molar-refractivity contribution in [3.05, 3.63) is 29.8 Å². The lowest BCUT2D eigenvalue weighted by Crippen LogP contribution is -2.34. The summed E-state index contributed by atoms with van der Waals surface area (Å²) in [6.45, 7) is 13.6. The van der Waals surface area contributed by atoms with Crippen LogP contribution in [0.4, 0.5) is 0 Å². The molecule has 0 amide bonds. The zero-order chi connectivity index (χ0) is 20.4. The van der Waals surface area contributed by atoms with E-state index in [1.807, 2.05) is 38.1 Å². The topological polar surface area (TPSA) is 49.4 Å². The highest BCUT2D eigenvalue weighted by Gasteiger charge is 2.27. The average molecular weight is 401 g/mol. The first-order valence-electron chi connectivity index (χ1n) is 9.46. The molecule has 1 aromatic carbocycles. The van der Waals surface area contributed by atoms with Crippen LogP contribution in [0.1, 0.15) is 53.4 Å². The Hall–Kier alpha value is -0.750. The number of nitrogens with zero attached hydrogens (tertiary/aromatic N) is 1. The van der Waals surface area contributed by atoms with E-state index in [1.54, 1.807) is 14.2 Å². The molecule has 1 rings (SSSR count). The van der Waals surface area contributed by atoms with Crippen molar-refractivity contribution in [2.75, 3.05) is 27.4 Å². The second-order valence-corrected chi connectivity index (χ2v) is 8.42. The Balaban J connectivity index is 2.55. The van der Waals surface area contributed by atoms with Crippen LogP contribution in [-0.4, -0.2) is 50.3 Å². The fourth-order valence-electron chi connectivity index (χ4n) is 2.67. The van der Waals surface area contributed by atoms with Crippen molar-refractivity contribution < 1.29 is 23.3 Å². The number of methoxy groups -OCH3 is 2. The molecule has 27 heavy (non-hydrogen) atoms. The first-order valence-corrected chi connectivity index (χ1v) is 10.6. The number of hydrogen-bond donors (Lipinski definition) is 0. The molecule has 0 aliphatic rings. The van der Waals surface area contributed by atoms with Gasteiger partial charge in [0.2, 0.25) is 0 Å². The Labute approximate surface area is 166 Å². The number of rotatable bonds is 13. The molecule has 0 saturated carbocycles. The molecule has 0 fully saturated rings. The quantitative estimate of drug-likeness (QED) is 0.259. The molecule has 7 heteroatoms. The van der Waals surface area contributed by atoms with Crippen LogP contribution in [0.3, 0.4) is 0 Å². The molecule has 0 radical (unpaired) electrons. The summed E-state index contributed by atoms with van der Waals surface area (Å²) in [7, 11) is 2.11. The second kappa shape index (κ2) is 12.7. The smallest absolute Gasteiger partial charge is 0.259 e. The van der Waals surface area contributed by atoms with Crippen LogP contribution >= 0.6 is 8.53 Å². The lowest BCUT2D eigenvalue weighted by molar-refractivity contribution is -0.106. The summed E-state index contributed by atoms with van der Waals surface area (Å²) in [5, 5.41) is 0. The van der Waals surface area contributed by atoms with Crippen LogP contribution in [0.2, 0.25) is 0 Å². The minimum Gasteiger partial charge on any atom is -0.491 e. The van der Waals surface area contributed by atoms with E-state index in [-0.39, 0.29) is 12.4 Å². The standard InChI is InChI=1S/C20H36NO5P/c1-15(2)21(16(3)4)27(26-17(5)6)25-14-13-24-19-11-9-18(10-12-19)20(22-7)23-8/h9-12,15-17,20H,13-14H2,1-8H3. The van der Waals surface area contributed by atoms with Gasteiger partial charge in [0, 0.05) is 31.9 Å². The molecule has 0 bridgehead atoms. The summed E-state index contributed by atoms with van der Waals surface area (Å²) < 4.78 is 30.7. The Morgan fingerprint density at radius 3 is 1.85 bits per heavy atom. The van der Waals surface area contributed by atoms with Crippen LogP contribution in [0.5, 0.6) is 5.75 Å². The maximum Gasteiger partial charge on any atom is 0.259 e. The summed E-state index contributed by atoms with van der Waals surface area (Å²) in [5.74, 6) is 0.784. The van der Waals surface area contributed by atoms with Gasteiger partial charge in [0.25, 0.3) is 8.53 Å². The molecule has 1 atom stereocenters. The fraction of sp³-hybridized carbons (Fsp3) is 0.700. The van der Waals surface area contributed by atoms with E-state index in [0.717, 1.165) is 11.3 Å². The molecule has 0 aromatic heterocycles. The van der Waals surface area contributed by atoms with E-state index in [4.69, 9.17) is 23.3 Å². The third-order valence-electron chi connectivity index (χ3n) is 3.68. The van der Waals surface area contributed by atoms with Crippen LogP contribution in [0.25, 0.3) is 0 Å². The Bertz CT molecular complexity index is 498. The molecule has 0 N–H and O–H groups in total. The Morgan fingerprint density at radius 1 is 0.852 bits per heavy atom. The van der Waals surface area contributed by atoms with E-state index >= 15 is 0 Å². The van der Waals surface area contributed by atoms with E-state index in [0.29, 0.717) is 25.3 Å². The highest BCUT2D eigenvalue weighted by molar-refractivity contribution is 7.44. The van der Waals surface area contributed by atoms with Crippen molar-refractivity contribution in [2.45, 2.75) is 66.0 Å². The fourth-order valence-corrected chi connectivity index (χ4v) is 4.32. The monoisotopic (exact) mass is 401 g/mol. The summed E-state index contributed by atoms with van der Waals surface area (Å²) in [5.41, 5.74) is 0.946. The van der Waals surface area contributed by atoms with Crippen molar-refractivity contribution in [1.29, 1.82) is 0 Å². The van der Waals surface area contributed by atoms with Gasteiger partial charge in [0.15, 0.2) is 6.29 Å². The molecule has 0 aliphatic carbocycles. The SMILES string of the molecule is COC(OC)c1ccc(OCCOP(OC(C)C)N(C(C)C)C(C)C)cc1. The Kier molecular flexibility index (Phi) is 11.4. The van der Waals surface area contributed by atoms with Crippen molar-refractivity contribution in [2.24, 2.45) is 0 Å². The van der Waals surface area contributed by atoms with Gasteiger partial charge in [-0.15, -0.1) is 0 Å². The summed E-state index contributed by atoms with van der Waals surface area (Å²) in [6, 6.07) is 8.37. The molecule has 1 unspecified atom stereocenters. The highest BCUT2D eigenvalue weighted by Crippen LogP contribution is 2.46. The normalized spacial score (nSPS) is 13.4. The molecule has 0 heterocycles. The van der Waals surface area contributed by atoms with Crippen LogP contribution < -0.4 is 4.74 Å². The lowest BCUT2D eigenvalue weighted by Gasteiger charge is -2.36. The van der Waals surface area contributed by atoms with Gasteiger partial charge >= 0.3 is 0 Å². The number of hydrogen-bond acceptors (Lipinski definition) is 6. The molecule has 156 valence electrons. The molecule has 0 spiro atoms. The Morgan fingerprint density at radius 2 is 1.41 bits per heavy atom. The summed E-state index contributed by atoms with van der Waals surface area (Å²) in [4.78, 5) is 0. The van der Waals surface area contributed by atoms with Gasteiger partial charge in [0.05, 0.1) is 12.7 Å². The van der Waals surface area contributed by atoms with Crippen molar-refractivity contribution in [3.63, 3.8) is 0 Å². The van der Waals surface area contributed by atoms with Crippen molar-refractivity contribution in [3.8, 4) is 5.75 Å². The molecule has 0 saturated heterocycles. The molecular formula is C20H36NO5P. The molecule has 0 aliphatic heterocycles. The van der Waals surface area contributed by atoms with Crippen LogP contribution in [0.15, 0.2) is 24.3 Å². The molecular weight excluding hydrogens is 365 g/mol. The zero-order valence-electron chi connectivity index (χ0n) is 18.0. The van der Waals surface area contributed by atoms with Gasteiger partial charge in [-0.25, -0.2) is 4.67 Å². The predicted molar refractivity (Wildman–Crippen MR) is 110 cm³/mol. The zero-order valence-corrected chi connectivity index (χ0v) is 18.9. The number of benzene rings is 1. The van der Waals surface area contributed by atoms with Gasteiger partial charge in [-0.05, 0) is 53.7 Å². The number of ether oxygens (including phenoxy) is 3. The second-order valence-electron chi connectivity index (χ2n) is 7.01. The predicted octanol–water partition coefficient (Wildman–Crippen LogP) is 5.14. The average Bonchev–Trinajstić information content (AvgIpc) is 2.59. The molecule has 6 nitrogen and oxygen atoms in total. The third kappa shape index (κ3) is 8.43. The van der Waals surface area contributed by atoms with Crippen molar-refractivity contribution >= 4 is 8.53 Å².